The first-order valence-electron chi connectivity index (χ1n) is 6.45. The fraction of sp³-hybridized carbons (Fsp3) is 0.571. The molecular weight excluding hydrogens is 229 g/mol. The molecule has 1 fully saturated rings. The lowest BCUT2D eigenvalue weighted by molar-refractivity contribution is 0.0550. The van der Waals surface area contributed by atoms with Gasteiger partial charge in [0.25, 0.3) is 0 Å². The Morgan fingerprint density at radius 3 is 2.44 bits per heavy atom. The molecule has 0 aliphatic carbocycles. The van der Waals surface area contributed by atoms with Crippen LogP contribution in [0, 0.1) is 5.82 Å². The lowest BCUT2D eigenvalue weighted by atomic mass is 10.1. The van der Waals surface area contributed by atoms with Crippen molar-refractivity contribution < 1.29 is 4.39 Å². The Hall–Kier alpha value is -1.13. The number of rotatable bonds is 2. The molecule has 2 atom stereocenters. The number of hydrogen-bond donors (Lipinski definition) is 1. The maximum Gasteiger partial charge on any atom is 0.129 e. The number of nitrogens with two attached hydrogens (primary N) is 1. The van der Waals surface area contributed by atoms with Gasteiger partial charge in [0.1, 0.15) is 5.82 Å². The van der Waals surface area contributed by atoms with Crippen molar-refractivity contribution in [2.24, 2.45) is 0 Å². The fourth-order valence-electron chi connectivity index (χ4n) is 2.58. The van der Waals surface area contributed by atoms with Crippen molar-refractivity contribution in [3.05, 3.63) is 29.6 Å². The molecule has 1 aromatic rings. The van der Waals surface area contributed by atoms with Crippen molar-refractivity contribution in [3.63, 3.8) is 0 Å². The molecule has 0 bridgehead atoms. The van der Waals surface area contributed by atoms with E-state index in [9.17, 15) is 4.39 Å². The highest BCUT2D eigenvalue weighted by Gasteiger charge is 2.26. The molecule has 4 heteroatoms. The summed E-state index contributed by atoms with van der Waals surface area (Å²) in [6.07, 6.45) is 0. The molecule has 1 heterocycles. The maximum atomic E-state index is 13.8. The third-order valence-electron chi connectivity index (χ3n) is 3.91. The maximum absolute atomic E-state index is 13.8. The van der Waals surface area contributed by atoms with Gasteiger partial charge in [-0.2, -0.15) is 0 Å². The van der Waals surface area contributed by atoms with Gasteiger partial charge < -0.3 is 5.73 Å². The normalized spacial score (nSPS) is 26.4. The summed E-state index contributed by atoms with van der Waals surface area (Å²) in [4.78, 5) is 4.68. The zero-order valence-electron chi connectivity index (χ0n) is 11.4. The van der Waals surface area contributed by atoms with Crippen molar-refractivity contribution in [2.45, 2.75) is 32.5 Å². The number of nitrogen functional groups attached to an aromatic ring is 1. The lowest BCUT2D eigenvalue weighted by Gasteiger charge is -2.42. The summed E-state index contributed by atoms with van der Waals surface area (Å²) < 4.78 is 13.8. The van der Waals surface area contributed by atoms with Gasteiger partial charge in [-0.3, -0.25) is 9.80 Å². The first-order chi connectivity index (χ1) is 8.47. The molecule has 1 aliphatic heterocycles. The van der Waals surface area contributed by atoms with Gasteiger partial charge in [-0.25, -0.2) is 4.39 Å². The average molecular weight is 251 g/mol. The van der Waals surface area contributed by atoms with E-state index < -0.39 is 0 Å². The summed E-state index contributed by atoms with van der Waals surface area (Å²) in [5.74, 6) is -0.200. The Kier molecular flexibility index (Phi) is 3.88. The van der Waals surface area contributed by atoms with E-state index in [0.717, 1.165) is 18.7 Å². The summed E-state index contributed by atoms with van der Waals surface area (Å²) in [6.45, 7) is 7.04. The highest BCUT2D eigenvalue weighted by molar-refractivity contribution is 5.40. The van der Waals surface area contributed by atoms with Crippen LogP contribution in [0.25, 0.3) is 0 Å². The standard InChI is InChI=1S/C14H22FN3/c1-10-7-18(8-11(2)17(10)3)9-12-4-5-13(16)6-14(12)15/h4-6,10-11H,7-9,16H2,1-3H3. The van der Waals surface area contributed by atoms with Crippen LogP contribution in [0.3, 0.4) is 0 Å². The number of piperazine rings is 1. The van der Waals surface area contributed by atoms with Gasteiger partial charge >= 0.3 is 0 Å². The first-order valence-corrected chi connectivity index (χ1v) is 6.45. The topological polar surface area (TPSA) is 32.5 Å². The van der Waals surface area contributed by atoms with Crippen molar-refractivity contribution >= 4 is 5.69 Å². The summed E-state index contributed by atoms with van der Waals surface area (Å²) in [5.41, 5.74) is 6.78. The number of likely N-dealkylation sites (N-methyl/N-ethyl adjacent to an activating group) is 1. The Bertz CT molecular complexity index is 410. The monoisotopic (exact) mass is 251 g/mol. The number of benzene rings is 1. The van der Waals surface area contributed by atoms with Gasteiger partial charge in [0.05, 0.1) is 0 Å². The van der Waals surface area contributed by atoms with Gasteiger partial charge in [-0.1, -0.05) is 6.07 Å². The molecule has 0 aromatic heterocycles. The molecule has 0 saturated carbocycles. The van der Waals surface area contributed by atoms with E-state index in [-0.39, 0.29) is 5.82 Å². The molecule has 0 spiro atoms. The molecule has 100 valence electrons. The van der Waals surface area contributed by atoms with Gasteiger partial charge in [0.15, 0.2) is 0 Å². The zero-order valence-corrected chi connectivity index (χ0v) is 11.4. The largest absolute Gasteiger partial charge is 0.399 e. The molecule has 2 rings (SSSR count). The number of halogens is 1. The second-order valence-corrected chi connectivity index (χ2v) is 5.41. The SMILES string of the molecule is CC1CN(Cc2ccc(N)cc2F)CC(C)N1C. The van der Waals surface area contributed by atoms with Crippen LogP contribution in [0.15, 0.2) is 18.2 Å². The highest BCUT2D eigenvalue weighted by Crippen LogP contribution is 2.18. The summed E-state index contributed by atoms with van der Waals surface area (Å²) in [6, 6.07) is 5.97. The number of nitrogens with zero attached hydrogens (tertiary/aromatic N) is 2. The number of anilines is 1. The molecule has 1 aliphatic rings. The van der Waals surface area contributed by atoms with Gasteiger partial charge in [0, 0.05) is 43.0 Å². The van der Waals surface area contributed by atoms with Crippen molar-refractivity contribution in [3.8, 4) is 0 Å². The Balaban J connectivity index is 2.05. The summed E-state index contributed by atoms with van der Waals surface area (Å²) in [7, 11) is 2.15. The van der Waals surface area contributed by atoms with Crippen molar-refractivity contribution in [2.75, 3.05) is 25.9 Å². The Morgan fingerprint density at radius 1 is 1.28 bits per heavy atom. The van der Waals surface area contributed by atoms with Gasteiger partial charge in [0.2, 0.25) is 0 Å². The van der Waals surface area contributed by atoms with Crippen LogP contribution in [0.2, 0.25) is 0 Å². The molecular formula is C14H22FN3. The average Bonchev–Trinajstić information content (AvgIpc) is 2.29. The second kappa shape index (κ2) is 5.24. The minimum absolute atomic E-state index is 0.200. The van der Waals surface area contributed by atoms with Gasteiger partial charge in [-0.05, 0) is 33.0 Å². The van der Waals surface area contributed by atoms with E-state index in [2.05, 4.69) is 30.7 Å². The third kappa shape index (κ3) is 2.82. The van der Waals surface area contributed by atoms with Crippen LogP contribution in [0.1, 0.15) is 19.4 Å². The molecule has 0 amide bonds. The third-order valence-corrected chi connectivity index (χ3v) is 3.91. The zero-order chi connectivity index (χ0) is 13.3. The highest BCUT2D eigenvalue weighted by atomic mass is 19.1. The van der Waals surface area contributed by atoms with Crippen LogP contribution in [-0.4, -0.2) is 42.0 Å². The van der Waals surface area contributed by atoms with E-state index in [4.69, 9.17) is 5.73 Å². The van der Waals surface area contributed by atoms with Crippen LogP contribution < -0.4 is 5.73 Å². The molecule has 2 unspecified atom stereocenters. The fourth-order valence-corrected chi connectivity index (χ4v) is 2.58. The number of hydrogen-bond acceptors (Lipinski definition) is 3. The van der Waals surface area contributed by atoms with Crippen LogP contribution in [-0.2, 0) is 6.54 Å². The minimum atomic E-state index is -0.200. The van der Waals surface area contributed by atoms with E-state index in [0.29, 0.717) is 24.3 Å². The lowest BCUT2D eigenvalue weighted by Crippen LogP contribution is -2.54. The van der Waals surface area contributed by atoms with Crippen molar-refractivity contribution in [1.82, 2.24) is 9.80 Å². The minimum Gasteiger partial charge on any atom is -0.399 e. The molecule has 1 aromatic carbocycles. The smallest absolute Gasteiger partial charge is 0.129 e. The molecule has 18 heavy (non-hydrogen) atoms. The molecule has 3 nitrogen and oxygen atoms in total. The predicted octanol–water partition coefficient (Wildman–Crippen LogP) is 1.93. The molecule has 2 N–H and O–H groups in total. The first kappa shape index (κ1) is 13.3. The summed E-state index contributed by atoms with van der Waals surface area (Å²) in [5, 5.41) is 0. The van der Waals surface area contributed by atoms with Gasteiger partial charge in [-0.15, -0.1) is 0 Å². The Morgan fingerprint density at radius 2 is 1.89 bits per heavy atom. The quantitative estimate of drug-likeness (QED) is 0.815. The van der Waals surface area contributed by atoms with Crippen LogP contribution >= 0.6 is 0 Å². The van der Waals surface area contributed by atoms with Crippen molar-refractivity contribution in [1.29, 1.82) is 0 Å². The van der Waals surface area contributed by atoms with E-state index in [1.807, 2.05) is 0 Å². The molecule has 1 saturated heterocycles. The van der Waals surface area contributed by atoms with E-state index in [1.165, 1.54) is 6.07 Å². The Labute approximate surface area is 108 Å². The summed E-state index contributed by atoms with van der Waals surface area (Å²) >= 11 is 0. The van der Waals surface area contributed by atoms with Crippen LogP contribution in [0.5, 0.6) is 0 Å². The second-order valence-electron chi connectivity index (χ2n) is 5.41. The molecule has 0 radical (unpaired) electrons. The van der Waals surface area contributed by atoms with E-state index in [1.54, 1.807) is 12.1 Å². The van der Waals surface area contributed by atoms with Crippen LogP contribution in [0.4, 0.5) is 10.1 Å². The predicted molar refractivity (Wildman–Crippen MR) is 72.8 cm³/mol. The van der Waals surface area contributed by atoms with E-state index >= 15 is 0 Å².